The second-order valence-electron chi connectivity index (χ2n) is 0.882. The van der Waals surface area contributed by atoms with Crippen molar-refractivity contribution in [2.24, 2.45) is 0 Å². The zero-order valence-corrected chi connectivity index (χ0v) is 6.53. The smallest absolute Gasteiger partial charge is 0.419 e. The molecule has 0 saturated carbocycles. The second-order valence-corrected chi connectivity index (χ2v) is 0.882. The van der Waals surface area contributed by atoms with E-state index in [0.717, 1.165) is 0 Å². The Morgan fingerprint density at radius 2 is 2.00 bits per heavy atom. The fourth-order valence-corrected chi connectivity index (χ4v) is 0. The van der Waals surface area contributed by atoms with Crippen LogP contribution in [0.3, 0.4) is 0 Å². The van der Waals surface area contributed by atoms with Crippen LogP contribution in [-0.2, 0) is 37.5 Å². The Morgan fingerprint density at radius 3 is 2.00 bits per heavy atom. The normalized spacial score (nSPS) is 5.50. The van der Waals surface area contributed by atoms with E-state index in [4.69, 9.17) is 0 Å². The third-order valence-corrected chi connectivity index (χ3v) is 0.174. The summed E-state index contributed by atoms with van der Waals surface area (Å²) in [5.74, 6) is 0. The zero-order valence-electron chi connectivity index (χ0n) is 3.69. The Labute approximate surface area is 62.7 Å². The predicted octanol–water partition coefficient (Wildman–Crippen LogP) is 0.670. The maximum atomic E-state index is 9.28. The summed E-state index contributed by atoms with van der Waals surface area (Å²) in [6.45, 7) is 4.85. The first-order valence-electron chi connectivity index (χ1n) is 1.31. The monoisotopic (exact) mass is 158 g/mol. The van der Waals surface area contributed by atoms with E-state index in [-0.39, 0.29) is 32.7 Å². The molecule has 0 aliphatic carbocycles. The second kappa shape index (κ2) is 5.51. The van der Waals surface area contributed by atoms with Gasteiger partial charge in [-0.05, 0) is 6.29 Å². The van der Waals surface area contributed by atoms with Crippen LogP contribution in [0, 0.1) is 0 Å². The van der Waals surface area contributed by atoms with Gasteiger partial charge in [-0.2, -0.15) is 5.57 Å². The summed E-state index contributed by atoms with van der Waals surface area (Å²) in [6.07, 6.45) is 1.58. The minimum atomic E-state index is 0. The molecule has 0 aliphatic heterocycles. The maximum absolute atomic E-state index is 9.28. The third-order valence-electron chi connectivity index (χ3n) is 0.174. The van der Waals surface area contributed by atoms with Crippen molar-refractivity contribution in [3.63, 3.8) is 0 Å². The molecule has 0 atom stereocenters. The molecular formula is C4H5OY+2. The van der Waals surface area contributed by atoms with E-state index < -0.39 is 0 Å². The van der Waals surface area contributed by atoms with Crippen LogP contribution in [0.4, 0.5) is 0 Å². The Kier molecular flexibility index (Phi) is 8.93. The fourth-order valence-electron chi connectivity index (χ4n) is 0. The van der Waals surface area contributed by atoms with Crippen LogP contribution in [0.25, 0.3) is 0 Å². The molecule has 0 fully saturated rings. The Morgan fingerprint density at radius 1 is 1.83 bits per heavy atom. The van der Waals surface area contributed by atoms with Gasteiger partial charge in [0.25, 0.3) is 0 Å². The summed E-state index contributed by atoms with van der Waals surface area (Å²) in [5, 5.41) is 0. The van der Waals surface area contributed by atoms with Crippen molar-refractivity contribution in [2.75, 3.05) is 0 Å². The van der Waals surface area contributed by atoms with Crippen molar-refractivity contribution in [1.29, 1.82) is 0 Å². The number of allylic oxidation sites excluding steroid dienone is 1. The van der Waals surface area contributed by atoms with Gasteiger partial charge < -0.3 is 4.79 Å². The van der Waals surface area contributed by atoms with Crippen molar-refractivity contribution >= 4 is 6.29 Å². The summed E-state index contributed by atoms with van der Waals surface area (Å²) in [4.78, 5) is 9.28. The van der Waals surface area contributed by atoms with Crippen LogP contribution in [-0.4, -0.2) is 6.29 Å². The minimum absolute atomic E-state index is 0. The summed E-state index contributed by atoms with van der Waals surface area (Å²) in [7, 11) is 0. The molecule has 0 rings (SSSR count). The molecule has 0 saturated heterocycles. The minimum Gasteiger partial charge on any atom is -0.419 e. The van der Waals surface area contributed by atoms with E-state index in [1.807, 2.05) is 0 Å². The van der Waals surface area contributed by atoms with Crippen LogP contribution < -0.4 is 0 Å². The molecule has 28 valence electrons. The van der Waals surface area contributed by atoms with Crippen molar-refractivity contribution in [3.8, 4) is 0 Å². The van der Waals surface area contributed by atoms with Gasteiger partial charge in [0.2, 0.25) is 0 Å². The quantitative estimate of drug-likeness (QED) is 0.404. The van der Waals surface area contributed by atoms with Gasteiger partial charge in [-0.15, -0.1) is 0 Å². The van der Waals surface area contributed by atoms with Gasteiger partial charge in [0.15, 0.2) is 0 Å². The first kappa shape index (κ1) is 9.72. The molecule has 0 amide bonds. The zero-order chi connectivity index (χ0) is 4.28. The molecule has 0 heterocycles. The number of hydrogen-bond donors (Lipinski definition) is 0. The first-order chi connectivity index (χ1) is 2.27. The van der Waals surface area contributed by atoms with Crippen molar-refractivity contribution in [3.05, 3.63) is 12.2 Å². The van der Waals surface area contributed by atoms with Crippen molar-refractivity contribution in [2.45, 2.75) is 6.92 Å². The van der Waals surface area contributed by atoms with E-state index in [9.17, 15) is 4.79 Å². The molecule has 6 heavy (non-hydrogen) atoms. The third kappa shape index (κ3) is 8.82. The summed E-state index contributed by atoms with van der Waals surface area (Å²) in [6, 6.07) is 0. The SMILES string of the molecule is C=C(C)[C-]=O.[Y+3]. The molecule has 0 bridgehead atoms. The molecule has 2 heteroatoms. The molecule has 0 N–H and O–H groups in total. The number of carbonyl (C=O) groups excluding carboxylic acids is 1. The average molecular weight is 158 g/mol. The van der Waals surface area contributed by atoms with E-state index in [0.29, 0.717) is 5.57 Å². The van der Waals surface area contributed by atoms with E-state index in [1.54, 1.807) is 13.2 Å². The van der Waals surface area contributed by atoms with Crippen LogP contribution in [0.15, 0.2) is 12.2 Å². The summed E-state index contributed by atoms with van der Waals surface area (Å²) in [5.41, 5.74) is 0.449. The van der Waals surface area contributed by atoms with Gasteiger partial charge in [0.1, 0.15) is 0 Å². The van der Waals surface area contributed by atoms with Gasteiger partial charge in [-0.25, -0.2) is 6.58 Å². The topological polar surface area (TPSA) is 17.1 Å². The molecular weight excluding hydrogens is 153 g/mol. The first-order valence-corrected chi connectivity index (χ1v) is 1.31. The van der Waals surface area contributed by atoms with Gasteiger partial charge in [-0.3, -0.25) is 0 Å². The molecule has 0 aromatic heterocycles. The Bertz CT molecular complexity index is 58.6. The summed E-state index contributed by atoms with van der Waals surface area (Å²) < 4.78 is 0. The largest absolute Gasteiger partial charge is 3.00 e. The van der Waals surface area contributed by atoms with Crippen molar-refractivity contribution < 1.29 is 37.5 Å². The van der Waals surface area contributed by atoms with Gasteiger partial charge in [-0.1, -0.05) is 6.92 Å². The van der Waals surface area contributed by atoms with Gasteiger partial charge in [0, 0.05) is 0 Å². The van der Waals surface area contributed by atoms with E-state index >= 15 is 0 Å². The Hall–Kier alpha value is 0.514. The maximum Gasteiger partial charge on any atom is 3.00 e. The van der Waals surface area contributed by atoms with Gasteiger partial charge in [0.05, 0.1) is 0 Å². The Balaban J connectivity index is 0. The van der Waals surface area contributed by atoms with Crippen LogP contribution >= 0.6 is 0 Å². The van der Waals surface area contributed by atoms with Crippen molar-refractivity contribution in [1.82, 2.24) is 0 Å². The van der Waals surface area contributed by atoms with Gasteiger partial charge >= 0.3 is 32.7 Å². The van der Waals surface area contributed by atoms with Crippen LogP contribution in [0.2, 0.25) is 0 Å². The molecule has 0 radical (unpaired) electrons. The van der Waals surface area contributed by atoms with Crippen LogP contribution in [0.1, 0.15) is 6.92 Å². The molecule has 0 aromatic carbocycles. The fraction of sp³-hybridized carbons (Fsp3) is 0.250. The average Bonchev–Trinajstić information content (AvgIpc) is 1.38. The molecule has 0 aromatic rings. The number of hydrogen-bond acceptors (Lipinski definition) is 1. The van der Waals surface area contributed by atoms with Crippen LogP contribution in [0.5, 0.6) is 0 Å². The molecule has 0 unspecified atom stereocenters. The molecule has 1 nitrogen and oxygen atoms in total. The van der Waals surface area contributed by atoms with E-state index in [1.165, 1.54) is 0 Å². The molecule has 0 aliphatic rings. The van der Waals surface area contributed by atoms with E-state index in [2.05, 4.69) is 6.58 Å². The standard InChI is InChI=1S/C4H5O.Y/c1-4(2)3-5;/h1H2,2H3;/q-1;+3. The number of rotatable bonds is 1. The predicted molar refractivity (Wildman–Crippen MR) is 20.5 cm³/mol. The molecule has 0 spiro atoms. The summed E-state index contributed by atoms with van der Waals surface area (Å²) >= 11 is 0.